The van der Waals surface area contributed by atoms with Crippen molar-refractivity contribution in [3.8, 4) is 0 Å². The van der Waals surface area contributed by atoms with E-state index in [4.69, 9.17) is 9.47 Å². The van der Waals surface area contributed by atoms with Crippen molar-refractivity contribution in [2.24, 2.45) is 0 Å². The van der Waals surface area contributed by atoms with Crippen molar-refractivity contribution < 1.29 is 17.9 Å². The quantitative estimate of drug-likeness (QED) is 0.626. The third-order valence-electron chi connectivity index (χ3n) is 2.57. The van der Waals surface area contributed by atoms with Gasteiger partial charge in [-0.25, -0.2) is 8.42 Å². The minimum absolute atomic E-state index is 0.319. The number of hydrogen-bond acceptors (Lipinski definition) is 5. The monoisotopic (exact) mass is 267 g/mol. The molecule has 0 bridgehead atoms. The molecule has 0 aliphatic heterocycles. The lowest BCUT2D eigenvalue weighted by Crippen LogP contribution is -2.44. The summed E-state index contributed by atoms with van der Waals surface area (Å²) in [5.74, 6) is 0. The maximum Gasteiger partial charge on any atom is 0.169 e. The third-order valence-corrected chi connectivity index (χ3v) is 4.72. The van der Waals surface area contributed by atoms with Crippen LogP contribution >= 0.6 is 0 Å². The van der Waals surface area contributed by atoms with Gasteiger partial charge < -0.3 is 14.8 Å². The number of sulfone groups is 1. The first-order valence-electron chi connectivity index (χ1n) is 5.88. The van der Waals surface area contributed by atoms with Crippen molar-refractivity contribution in [1.29, 1.82) is 0 Å². The molecule has 0 spiro atoms. The molecule has 0 unspecified atom stereocenters. The van der Waals surface area contributed by atoms with Gasteiger partial charge in [0.15, 0.2) is 16.1 Å². The van der Waals surface area contributed by atoms with Crippen LogP contribution in [0.1, 0.15) is 27.7 Å². The molecule has 0 rings (SSSR count). The second kappa shape index (κ2) is 7.31. The highest BCUT2D eigenvalue weighted by Crippen LogP contribution is 2.13. The van der Waals surface area contributed by atoms with Gasteiger partial charge in [-0.15, -0.1) is 0 Å². The van der Waals surface area contributed by atoms with Crippen LogP contribution in [-0.4, -0.2) is 52.0 Å². The lowest BCUT2D eigenvalue weighted by molar-refractivity contribution is -0.132. The summed E-state index contributed by atoms with van der Waals surface area (Å²) < 4.78 is 32.9. The van der Waals surface area contributed by atoms with E-state index in [1.165, 1.54) is 6.26 Å². The highest BCUT2D eigenvalue weighted by molar-refractivity contribution is 7.92. The van der Waals surface area contributed by atoms with Crippen molar-refractivity contribution in [3.63, 3.8) is 0 Å². The van der Waals surface area contributed by atoms with Crippen LogP contribution in [0.2, 0.25) is 0 Å². The molecule has 1 N–H and O–H groups in total. The summed E-state index contributed by atoms with van der Waals surface area (Å²) in [6, 6.07) is 0. The Morgan fingerprint density at radius 3 is 2.00 bits per heavy atom. The Morgan fingerprint density at radius 1 is 1.18 bits per heavy atom. The van der Waals surface area contributed by atoms with Crippen LogP contribution in [-0.2, 0) is 19.3 Å². The normalized spacial score (nSPS) is 13.3. The standard InChI is InChI=1S/C11H25NO4S/c1-6-15-10(16-7-2)8-12-9-11(3,4)17(5,13)14/h10,12H,6-9H2,1-5H3. The number of ether oxygens (including phenoxy) is 2. The zero-order valence-electron chi connectivity index (χ0n) is 11.4. The zero-order chi connectivity index (χ0) is 13.5. The van der Waals surface area contributed by atoms with E-state index in [0.29, 0.717) is 26.3 Å². The van der Waals surface area contributed by atoms with Crippen LogP contribution < -0.4 is 5.32 Å². The summed E-state index contributed by atoms with van der Waals surface area (Å²) in [5, 5.41) is 3.07. The lowest BCUT2D eigenvalue weighted by atomic mass is 10.2. The molecule has 0 saturated heterocycles. The molecule has 0 aromatic rings. The fourth-order valence-corrected chi connectivity index (χ4v) is 1.52. The van der Waals surface area contributed by atoms with Crippen molar-refractivity contribution >= 4 is 9.84 Å². The molecule has 5 nitrogen and oxygen atoms in total. The van der Waals surface area contributed by atoms with Gasteiger partial charge >= 0.3 is 0 Å². The summed E-state index contributed by atoms with van der Waals surface area (Å²) in [4.78, 5) is 0. The van der Waals surface area contributed by atoms with Gasteiger partial charge in [0.2, 0.25) is 0 Å². The van der Waals surface area contributed by atoms with E-state index >= 15 is 0 Å². The van der Waals surface area contributed by atoms with Crippen LogP contribution in [0.15, 0.2) is 0 Å². The fourth-order valence-electron chi connectivity index (χ4n) is 1.16. The Kier molecular flexibility index (Phi) is 7.23. The SMILES string of the molecule is CCOC(CNCC(C)(C)S(C)(=O)=O)OCC. The molecule has 0 atom stereocenters. The van der Waals surface area contributed by atoms with E-state index in [1.54, 1.807) is 13.8 Å². The van der Waals surface area contributed by atoms with Crippen LogP contribution in [0.5, 0.6) is 0 Å². The van der Waals surface area contributed by atoms with E-state index in [-0.39, 0.29) is 6.29 Å². The van der Waals surface area contributed by atoms with Crippen LogP contribution in [0.4, 0.5) is 0 Å². The van der Waals surface area contributed by atoms with E-state index in [9.17, 15) is 8.42 Å². The second-order valence-electron chi connectivity index (χ2n) is 4.50. The first-order chi connectivity index (χ1) is 7.74. The number of rotatable bonds is 9. The van der Waals surface area contributed by atoms with Crippen LogP contribution in [0, 0.1) is 0 Å². The van der Waals surface area contributed by atoms with Crippen molar-refractivity contribution in [3.05, 3.63) is 0 Å². The molecule has 0 aromatic carbocycles. The minimum atomic E-state index is -3.07. The van der Waals surface area contributed by atoms with Gasteiger partial charge in [0.25, 0.3) is 0 Å². The van der Waals surface area contributed by atoms with E-state index in [1.807, 2.05) is 13.8 Å². The number of nitrogens with one attached hydrogen (secondary N) is 1. The molecule has 0 aliphatic rings. The van der Waals surface area contributed by atoms with Gasteiger partial charge in [-0.05, 0) is 27.7 Å². The maximum absolute atomic E-state index is 11.5. The van der Waals surface area contributed by atoms with Crippen LogP contribution in [0.25, 0.3) is 0 Å². The Labute approximate surface area is 105 Å². The Balaban J connectivity index is 4.12. The molecule has 6 heteroatoms. The topological polar surface area (TPSA) is 64.6 Å². The van der Waals surface area contributed by atoms with Gasteiger partial charge in [-0.2, -0.15) is 0 Å². The molecule has 0 heterocycles. The van der Waals surface area contributed by atoms with E-state index < -0.39 is 14.6 Å². The fraction of sp³-hybridized carbons (Fsp3) is 1.00. The highest BCUT2D eigenvalue weighted by atomic mass is 32.2. The van der Waals surface area contributed by atoms with Gasteiger partial charge in [-0.3, -0.25) is 0 Å². The predicted octanol–water partition coefficient (Wildman–Crippen LogP) is 0.798. The molecule has 0 aliphatic carbocycles. The van der Waals surface area contributed by atoms with E-state index in [2.05, 4.69) is 5.32 Å². The summed E-state index contributed by atoms with van der Waals surface area (Å²) in [7, 11) is -3.07. The molecule has 0 saturated carbocycles. The van der Waals surface area contributed by atoms with E-state index in [0.717, 1.165) is 0 Å². The zero-order valence-corrected chi connectivity index (χ0v) is 12.3. The second-order valence-corrected chi connectivity index (χ2v) is 7.15. The van der Waals surface area contributed by atoms with Crippen molar-refractivity contribution in [1.82, 2.24) is 5.32 Å². The Hall–Kier alpha value is -0.170. The molecule has 104 valence electrons. The third kappa shape index (κ3) is 6.35. The summed E-state index contributed by atoms with van der Waals surface area (Å²) in [6.45, 7) is 9.20. The number of hydrogen-bond donors (Lipinski definition) is 1. The average molecular weight is 267 g/mol. The Morgan fingerprint density at radius 2 is 1.65 bits per heavy atom. The van der Waals surface area contributed by atoms with Crippen LogP contribution in [0.3, 0.4) is 0 Å². The molecule has 0 aromatic heterocycles. The highest BCUT2D eigenvalue weighted by Gasteiger charge is 2.29. The first kappa shape index (κ1) is 16.8. The van der Waals surface area contributed by atoms with Gasteiger partial charge in [0.05, 0.1) is 4.75 Å². The molecular weight excluding hydrogens is 242 g/mol. The average Bonchev–Trinajstić information content (AvgIpc) is 2.16. The summed E-state index contributed by atoms with van der Waals surface area (Å²) >= 11 is 0. The largest absolute Gasteiger partial charge is 0.352 e. The van der Waals surface area contributed by atoms with Gasteiger partial charge in [0.1, 0.15) is 0 Å². The molecule has 0 amide bonds. The smallest absolute Gasteiger partial charge is 0.169 e. The predicted molar refractivity (Wildman–Crippen MR) is 68.8 cm³/mol. The molecule has 0 radical (unpaired) electrons. The summed E-state index contributed by atoms with van der Waals surface area (Å²) in [5.41, 5.74) is 0. The minimum Gasteiger partial charge on any atom is -0.352 e. The van der Waals surface area contributed by atoms with Gasteiger partial charge in [0, 0.05) is 32.6 Å². The van der Waals surface area contributed by atoms with Crippen molar-refractivity contribution in [2.45, 2.75) is 38.7 Å². The molecule has 0 fully saturated rings. The van der Waals surface area contributed by atoms with Crippen molar-refractivity contribution in [2.75, 3.05) is 32.6 Å². The molecule has 17 heavy (non-hydrogen) atoms. The lowest BCUT2D eigenvalue weighted by Gasteiger charge is -2.24. The van der Waals surface area contributed by atoms with Gasteiger partial charge in [-0.1, -0.05) is 0 Å². The first-order valence-corrected chi connectivity index (χ1v) is 7.77. The maximum atomic E-state index is 11.5. The molecular formula is C11H25NO4S. The Bertz CT molecular complexity index is 295. The summed E-state index contributed by atoms with van der Waals surface area (Å²) in [6.07, 6.45) is 0.928.